The van der Waals surface area contributed by atoms with E-state index in [-0.39, 0.29) is 5.82 Å². The van der Waals surface area contributed by atoms with E-state index < -0.39 is 6.10 Å². The molecule has 2 aromatic rings. The predicted molar refractivity (Wildman–Crippen MR) is 71.1 cm³/mol. The molecule has 94 valence electrons. The van der Waals surface area contributed by atoms with Gasteiger partial charge in [0.25, 0.3) is 0 Å². The normalized spacial score (nSPS) is 12.5. The third-order valence-corrected chi connectivity index (χ3v) is 3.10. The first-order valence-electron chi connectivity index (χ1n) is 5.99. The van der Waals surface area contributed by atoms with Crippen LogP contribution < -0.4 is 0 Å². The van der Waals surface area contributed by atoms with Gasteiger partial charge in [-0.2, -0.15) is 0 Å². The Balaban J connectivity index is 2.44. The summed E-state index contributed by atoms with van der Waals surface area (Å²) in [7, 11) is 0. The lowest BCUT2D eigenvalue weighted by Crippen LogP contribution is -2.03. The highest BCUT2D eigenvalue weighted by molar-refractivity contribution is 5.38. The van der Waals surface area contributed by atoms with Crippen LogP contribution in [-0.2, 0) is 0 Å². The van der Waals surface area contributed by atoms with Crippen molar-refractivity contribution in [2.24, 2.45) is 0 Å². The minimum absolute atomic E-state index is 0.311. The summed E-state index contributed by atoms with van der Waals surface area (Å²) in [6, 6.07) is 10.5. The summed E-state index contributed by atoms with van der Waals surface area (Å²) < 4.78 is 13.4. The number of aliphatic hydroxyl groups is 1. The van der Waals surface area contributed by atoms with Crippen LogP contribution >= 0.6 is 0 Å². The Hall–Kier alpha value is -1.67. The summed E-state index contributed by atoms with van der Waals surface area (Å²) in [6.07, 6.45) is -0.778. The Morgan fingerprint density at radius 1 is 0.944 bits per heavy atom. The highest BCUT2D eigenvalue weighted by Gasteiger charge is 2.14. The molecule has 0 bridgehead atoms. The van der Waals surface area contributed by atoms with Crippen molar-refractivity contribution in [3.63, 3.8) is 0 Å². The molecule has 2 aromatic carbocycles. The van der Waals surface area contributed by atoms with Gasteiger partial charge in [0.15, 0.2) is 0 Å². The molecule has 0 heterocycles. The quantitative estimate of drug-likeness (QED) is 0.851. The van der Waals surface area contributed by atoms with Crippen molar-refractivity contribution >= 4 is 0 Å². The summed E-state index contributed by atoms with van der Waals surface area (Å²) >= 11 is 0. The third kappa shape index (κ3) is 2.59. The molecule has 0 aliphatic heterocycles. The highest BCUT2D eigenvalue weighted by atomic mass is 19.1. The molecule has 0 aliphatic rings. The molecule has 0 saturated heterocycles. The number of benzene rings is 2. The smallest absolute Gasteiger partial charge is 0.123 e. The lowest BCUT2D eigenvalue weighted by molar-refractivity contribution is 0.219. The van der Waals surface area contributed by atoms with Gasteiger partial charge in [0, 0.05) is 0 Å². The summed E-state index contributed by atoms with van der Waals surface area (Å²) in [5.41, 5.74) is 4.40. The SMILES string of the molecule is Cc1cc(F)cc(C(O)c2ccc(C)cc2C)c1. The number of hydrogen-bond acceptors (Lipinski definition) is 1. The molecule has 2 heteroatoms. The minimum atomic E-state index is -0.778. The maximum atomic E-state index is 13.4. The van der Waals surface area contributed by atoms with Crippen molar-refractivity contribution in [3.8, 4) is 0 Å². The van der Waals surface area contributed by atoms with Gasteiger partial charge in [-0.3, -0.25) is 0 Å². The monoisotopic (exact) mass is 244 g/mol. The summed E-state index contributed by atoms with van der Waals surface area (Å²) in [5, 5.41) is 10.3. The van der Waals surface area contributed by atoms with Crippen LogP contribution in [0.1, 0.15) is 33.9 Å². The van der Waals surface area contributed by atoms with Crippen LogP contribution in [-0.4, -0.2) is 5.11 Å². The second-order valence-corrected chi connectivity index (χ2v) is 4.82. The molecule has 0 aromatic heterocycles. The summed E-state index contributed by atoms with van der Waals surface area (Å²) in [4.78, 5) is 0. The molecule has 2 rings (SSSR count). The van der Waals surface area contributed by atoms with Gasteiger partial charge in [0.2, 0.25) is 0 Å². The van der Waals surface area contributed by atoms with Crippen LogP contribution in [0.15, 0.2) is 36.4 Å². The van der Waals surface area contributed by atoms with Gasteiger partial charge in [-0.05, 0) is 55.2 Å². The predicted octanol–water partition coefficient (Wildman–Crippen LogP) is 3.83. The Kier molecular flexibility index (Phi) is 3.48. The number of halogens is 1. The number of aryl methyl sites for hydroxylation is 3. The second-order valence-electron chi connectivity index (χ2n) is 4.82. The maximum absolute atomic E-state index is 13.4. The maximum Gasteiger partial charge on any atom is 0.123 e. The standard InChI is InChI=1S/C16H17FO/c1-10-4-5-15(12(3)6-10)16(18)13-7-11(2)8-14(17)9-13/h4-9,16,18H,1-3H3. The molecule has 0 spiro atoms. The van der Waals surface area contributed by atoms with Gasteiger partial charge in [0.1, 0.15) is 11.9 Å². The van der Waals surface area contributed by atoms with E-state index in [1.165, 1.54) is 12.1 Å². The molecular weight excluding hydrogens is 227 g/mol. The van der Waals surface area contributed by atoms with Crippen LogP contribution in [0, 0.1) is 26.6 Å². The molecule has 1 atom stereocenters. The zero-order valence-electron chi connectivity index (χ0n) is 10.9. The molecule has 0 amide bonds. The Morgan fingerprint density at radius 2 is 1.67 bits per heavy atom. The van der Waals surface area contributed by atoms with Crippen molar-refractivity contribution in [1.29, 1.82) is 0 Å². The average molecular weight is 244 g/mol. The van der Waals surface area contributed by atoms with E-state index in [0.29, 0.717) is 5.56 Å². The van der Waals surface area contributed by atoms with Gasteiger partial charge in [-0.25, -0.2) is 4.39 Å². The van der Waals surface area contributed by atoms with E-state index in [1.807, 2.05) is 45.0 Å². The zero-order chi connectivity index (χ0) is 13.3. The molecule has 0 aliphatic carbocycles. The fraction of sp³-hybridized carbons (Fsp3) is 0.250. The minimum Gasteiger partial charge on any atom is -0.384 e. The van der Waals surface area contributed by atoms with Gasteiger partial charge in [0.05, 0.1) is 0 Å². The topological polar surface area (TPSA) is 20.2 Å². The molecule has 1 N–H and O–H groups in total. The van der Waals surface area contributed by atoms with E-state index in [1.54, 1.807) is 0 Å². The Labute approximate surface area is 107 Å². The Morgan fingerprint density at radius 3 is 2.28 bits per heavy atom. The third-order valence-electron chi connectivity index (χ3n) is 3.10. The lowest BCUT2D eigenvalue weighted by atomic mass is 9.95. The van der Waals surface area contributed by atoms with Gasteiger partial charge < -0.3 is 5.11 Å². The van der Waals surface area contributed by atoms with E-state index in [2.05, 4.69) is 0 Å². The van der Waals surface area contributed by atoms with E-state index in [4.69, 9.17) is 0 Å². The molecule has 0 saturated carbocycles. The van der Waals surface area contributed by atoms with Crippen LogP contribution in [0.2, 0.25) is 0 Å². The largest absolute Gasteiger partial charge is 0.384 e. The average Bonchev–Trinajstić information content (AvgIpc) is 2.26. The second kappa shape index (κ2) is 4.91. The fourth-order valence-corrected chi connectivity index (χ4v) is 2.23. The molecule has 1 nitrogen and oxygen atoms in total. The van der Waals surface area contributed by atoms with Gasteiger partial charge in [-0.15, -0.1) is 0 Å². The first-order chi connectivity index (χ1) is 8.47. The number of rotatable bonds is 2. The summed E-state index contributed by atoms with van der Waals surface area (Å²) in [5.74, 6) is -0.311. The first-order valence-corrected chi connectivity index (χ1v) is 5.99. The zero-order valence-corrected chi connectivity index (χ0v) is 10.9. The molecule has 18 heavy (non-hydrogen) atoms. The van der Waals surface area contributed by atoms with E-state index in [0.717, 1.165) is 22.3 Å². The first kappa shape index (κ1) is 12.8. The van der Waals surface area contributed by atoms with E-state index in [9.17, 15) is 9.50 Å². The van der Waals surface area contributed by atoms with Gasteiger partial charge >= 0.3 is 0 Å². The highest BCUT2D eigenvalue weighted by Crippen LogP contribution is 2.26. The number of hydrogen-bond donors (Lipinski definition) is 1. The molecule has 0 radical (unpaired) electrons. The molecular formula is C16H17FO. The van der Waals surface area contributed by atoms with E-state index >= 15 is 0 Å². The van der Waals surface area contributed by atoms with Crippen molar-refractivity contribution in [1.82, 2.24) is 0 Å². The summed E-state index contributed by atoms with van der Waals surface area (Å²) in [6.45, 7) is 5.79. The number of aliphatic hydroxyl groups excluding tert-OH is 1. The lowest BCUT2D eigenvalue weighted by Gasteiger charge is -2.15. The van der Waals surface area contributed by atoms with Crippen LogP contribution in [0.5, 0.6) is 0 Å². The van der Waals surface area contributed by atoms with Crippen LogP contribution in [0.4, 0.5) is 4.39 Å². The molecule has 0 fully saturated rings. The van der Waals surface area contributed by atoms with Crippen molar-refractivity contribution in [2.45, 2.75) is 26.9 Å². The molecule has 1 unspecified atom stereocenters. The van der Waals surface area contributed by atoms with Gasteiger partial charge in [-0.1, -0.05) is 29.8 Å². The van der Waals surface area contributed by atoms with Crippen LogP contribution in [0.3, 0.4) is 0 Å². The van der Waals surface area contributed by atoms with Crippen molar-refractivity contribution < 1.29 is 9.50 Å². The van der Waals surface area contributed by atoms with Crippen LogP contribution in [0.25, 0.3) is 0 Å². The fourth-order valence-electron chi connectivity index (χ4n) is 2.23. The van der Waals surface area contributed by atoms with Crippen molar-refractivity contribution in [3.05, 3.63) is 70.0 Å². The van der Waals surface area contributed by atoms with Crippen molar-refractivity contribution in [2.75, 3.05) is 0 Å². The Bertz CT molecular complexity index is 555.